The SMILES string of the molecule is CC(N)C(=O)NC(CC(N)=O)C(=O)NC(C(=O)O)C(C)C. The van der Waals surface area contributed by atoms with Crippen LogP contribution < -0.4 is 22.1 Å². The Balaban J connectivity index is 4.98. The predicted molar refractivity (Wildman–Crippen MR) is 73.8 cm³/mol. The van der Waals surface area contributed by atoms with E-state index in [1.54, 1.807) is 13.8 Å². The number of rotatable bonds is 8. The molecule has 0 radical (unpaired) electrons. The fourth-order valence-electron chi connectivity index (χ4n) is 1.48. The van der Waals surface area contributed by atoms with Crippen molar-refractivity contribution < 1.29 is 24.3 Å². The molecule has 0 aliphatic rings. The highest BCUT2D eigenvalue weighted by Crippen LogP contribution is 2.03. The van der Waals surface area contributed by atoms with Crippen molar-refractivity contribution in [3.63, 3.8) is 0 Å². The Labute approximate surface area is 122 Å². The molecule has 0 aromatic rings. The number of carboxylic acids is 1. The van der Waals surface area contributed by atoms with Crippen molar-refractivity contribution in [1.29, 1.82) is 0 Å². The number of carbonyl (C=O) groups is 4. The van der Waals surface area contributed by atoms with Crippen LogP contribution in [0.15, 0.2) is 0 Å². The Bertz CT molecular complexity index is 422. The summed E-state index contributed by atoms with van der Waals surface area (Å²) in [5, 5.41) is 13.5. The average Bonchev–Trinajstić information content (AvgIpc) is 2.32. The van der Waals surface area contributed by atoms with E-state index < -0.39 is 48.2 Å². The van der Waals surface area contributed by atoms with Gasteiger partial charge in [-0.15, -0.1) is 0 Å². The van der Waals surface area contributed by atoms with Crippen molar-refractivity contribution >= 4 is 23.7 Å². The van der Waals surface area contributed by atoms with Gasteiger partial charge < -0.3 is 27.2 Å². The second-order valence-electron chi connectivity index (χ2n) is 5.09. The third-order valence-corrected chi connectivity index (χ3v) is 2.68. The number of carboxylic acid groups (broad SMARTS) is 1. The molecule has 120 valence electrons. The third kappa shape index (κ3) is 6.70. The number of nitrogens with one attached hydrogen (secondary N) is 2. The molecule has 3 atom stereocenters. The number of primary amides is 1. The number of amides is 3. The quantitative estimate of drug-likeness (QED) is 0.345. The number of carbonyl (C=O) groups excluding carboxylic acids is 3. The minimum absolute atomic E-state index is 0.371. The summed E-state index contributed by atoms with van der Waals surface area (Å²) in [5.74, 6) is -3.84. The molecule has 0 aromatic heterocycles. The van der Waals surface area contributed by atoms with Crippen molar-refractivity contribution in [2.24, 2.45) is 17.4 Å². The summed E-state index contributed by atoms with van der Waals surface area (Å²) in [4.78, 5) is 45.5. The van der Waals surface area contributed by atoms with E-state index in [-0.39, 0.29) is 5.92 Å². The molecule has 0 spiro atoms. The van der Waals surface area contributed by atoms with Crippen LogP contribution in [-0.2, 0) is 19.2 Å². The molecule has 0 heterocycles. The Hall–Kier alpha value is -2.16. The lowest BCUT2D eigenvalue weighted by Gasteiger charge is -2.23. The molecule has 0 bridgehead atoms. The fraction of sp³-hybridized carbons (Fsp3) is 0.667. The van der Waals surface area contributed by atoms with Crippen LogP contribution in [0.25, 0.3) is 0 Å². The van der Waals surface area contributed by atoms with E-state index in [0.29, 0.717) is 0 Å². The first-order valence-corrected chi connectivity index (χ1v) is 6.43. The topological polar surface area (TPSA) is 165 Å². The highest BCUT2D eigenvalue weighted by atomic mass is 16.4. The molecule has 9 nitrogen and oxygen atoms in total. The summed E-state index contributed by atoms with van der Waals surface area (Å²) in [5.41, 5.74) is 10.4. The van der Waals surface area contributed by atoms with Gasteiger partial charge in [-0.3, -0.25) is 14.4 Å². The van der Waals surface area contributed by atoms with Gasteiger partial charge in [0, 0.05) is 0 Å². The molecule has 0 saturated carbocycles. The molecule has 0 aliphatic carbocycles. The standard InChI is InChI=1S/C12H22N4O5/c1-5(2)9(12(20)21)16-11(19)7(4-8(14)17)15-10(18)6(3)13/h5-7,9H,4,13H2,1-3H3,(H2,14,17)(H,15,18)(H,16,19)(H,20,21). The summed E-state index contributed by atoms with van der Waals surface area (Å²) >= 11 is 0. The Morgan fingerprint density at radius 1 is 1.05 bits per heavy atom. The molecule has 7 N–H and O–H groups in total. The van der Waals surface area contributed by atoms with Gasteiger partial charge in [-0.2, -0.15) is 0 Å². The first-order chi connectivity index (χ1) is 9.56. The number of hydrogen-bond acceptors (Lipinski definition) is 5. The molecular formula is C12H22N4O5. The van der Waals surface area contributed by atoms with Crippen molar-refractivity contribution in [1.82, 2.24) is 10.6 Å². The van der Waals surface area contributed by atoms with Crippen LogP contribution in [-0.4, -0.2) is 46.9 Å². The molecule has 3 unspecified atom stereocenters. The second-order valence-corrected chi connectivity index (χ2v) is 5.09. The summed E-state index contributed by atoms with van der Waals surface area (Å²) in [6.07, 6.45) is -0.450. The first kappa shape index (κ1) is 18.8. The normalized spacial score (nSPS) is 14.9. The maximum Gasteiger partial charge on any atom is 0.326 e. The molecule has 3 amide bonds. The monoisotopic (exact) mass is 302 g/mol. The van der Waals surface area contributed by atoms with Crippen molar-refractivity contribution in [2.75, 3.05) is 0 Å². The van der Waals surface area contributed by atoms with Crippen LogP contribution in [0.1, 0.15) is 27.2 Å². The zero-order chi connectivity index (χ0) is 16.7. The van der Waals surface area contributed by atoms with Gasteiger partial charge >= 0.3 is 5.97 Å². The van der Waals surface area contributed by atoms with Crippen LogP contribution in [0.2, 0.25) is 0 Å². The van der Waals surface area contributed by atoms with Crippen LogP contribution in [0.5, 0.6) is 0 Å². The molecule has 0 rings (SSSR count). The van der Waals surface area contributed by atoms with E-state index in [9.17, 15) is 19.2 Å². The number of hydrogen-bond donors (Lipinski definition) is 5. The molecule has 0 saturated heterocycles. The minimum Gasteiger partial charge on any atom is -0.480 e. The summed E-state index contributed by atoms with van der Waals surface area (Å²) < 4.78 is 0. The Morgan fingerprint density at radius 2 is 1.57 bits per heavy atom. The molecule has 0 aliphatic heterocycles. The maximum absolute atomic E-state index is 12.0. The van der Waals surface area contributed by atoms with E-state index in [4.69, 9.17) is 16.6 Å². The average molecular weight is 302 g/mol. The maximum atomic E-state index is 12.0. The van der Waals surface area contributed by atoms with E-state index in [1.165, 1.54) is 6.92 Å². The lowest BCUT2D eigenvalue weighted by atomic mass is 10.0. The highest BCUT2D eigenvalue weighted by molar-refractivity contribution is 5.94. The first-order valence-electron chi connectivity index (χ1n) is 6.43. The second kappa shape index (κ2) is 8.20. The molecular weight excluding hydrogens is 280 g/mol. The molecule has 9 heteroatoms. The van der Waals surface area contributed by atoms with Gasteiger partial charge in [0.25, 0.3) is 0 Å². The van der Waals surface area contributed by atoms with Crippen LogP contribution in [0.4, 0.5) is 0 Å². The molecule has 0 aromatic carbocycles. The fourth-order valence-corrected chi connectivity index (χ4v) is 1.48. The van der Waals surface area contributed by atoms with Gasteiger partial charge in [0.05, 0.1) is 12.5 Å². The zero-order valence-corrected chi connectivity index (χ0v) is 12.3. The summed E-state index contributed by atoms with van der Waals surface area (Å²) in [6, 6.07) is -3.28. The van der Waals surface area contributed by atoms with E-state index in [0.717, 1.165) is 0 Å². The Kier molecular flexibility index (Phi) is 7.36. The highest BCUT2D eigenvalue weighted by Gasteiger charge is 2.29. The summed E-state index contributed by atoms with van der Waals surface area (Å²) in [6.45, 7) is 4.63. The van der Waals surface area contributed by atoms with Gasteiger partial charge in [-0.05, 0) is 12.8 Å². The van der Waals surface area contributed by atoms with Crippen LogP contribution in [0.3, 0.4) is 0 Å². The zero-order valence-electron chi connectivity index (χ0n) is 12.3. The van der Waals surface area contributed by atoms with Gasteiger partial charge in [0.1, 0.15) is 12.1 Å². The van der Waals surface area contributed by atoms with E-state index in [1.807, 2.05) is 0 Å². The van der Waals surface area contributed by atoms with Gasteiger partial charge in [0.15, 0.2) is 0 Å². The van der Waals surface area contributed by atoms with Crippen molar-refractivity contribution in [3.8, 4) is 0 Å². The van der Waals surface area contributed by atoms with E-state index in [2.05, 4.69) is 10.6 Å². The van der Waals surface area contributed by atoms with Crippen LogP contribution >= 0.6 is 0 Å². The Morgan fingerprint density at radius 3 is 1.90 bits per heavy atom. The lowest BCUT2D eigenvalue weighted by Crippen LogP contribution is -2.56. The minimum atomic E-state index is -1.26. The molecule has 0 fully saturated rings. The van der Waals surface area contributed by atoms with E-state index >= 15 is 0 Å². The van der Waals surface area contributed by atoms with Crippen LogP contribution in [0, 0.1) is 5.92 Å². The third-order valence-electron chi connectivity index (χ3n) is 2.68. The number of aliphatic carboxylic acids is 1. The van der Waals surface area contributed by atoms with Crippen molar-refractivity contribution in [2.45, 2.75) is 45.3 Å². The van der Waals surface area contributed by atoms with Gasteiger partial charge in [0.2, 0.25) is 17.7 Å². The lowest BCUT2D eigenvalue weighted by molar-refractivity contribution is -0.143. The van der Waals surface area contributed by atoms with Crippen molar-refractivity contribution in [3.05, 3.63) is 0 Å². The smallest absolute Gasteiger partial charge is 0.326 e. The largest absolute Gasteiger partial charge is 0.480 e. The number of nitrogens with two attached hydrogens (primary N) is 2. The molecule has 21 heavy (non-hydrogen) atoms. The van der Waals surface area contributed by atoms with Gasteiger partial charge in [-0.1, -0.05) is 13.8 Å². The predicted octanol–water partition coefficient (Wildman–Crippen LogP) is -2.08. The summed E-state index contributed by atoms with van der Waals surface area (Å²) in [7, 11) is 0. The van der Waals surface area contributed by atoms with Gasteiger partial charge in [-0.25, -0.2) is 4.79 Å².